The maximum Gasteiger partial charge on any atom is 0.191 e. The van der Waals surface area contributed by atoms with Crippen LogP contribution in [0, 0.1) is 0 Å². The second kappa shape index (κ2) is 8.29. The Bertz CT molecular complexity index is 1050. The second-order valence-corrected chi connectivity index (χ2v) is 8.74. The number of hydrogen-bond acceptors (Lipinski definition) is 5. The van der Waals surface area contributed by atoms with Crippen molar-refractivity contribution in [3.05, 3.63) is 71.2 Å². The van der Waals surface area contributed by atoms with Gasteiger partial charge in [-0.2, -0.15) is 0 Å². The van der Waals surface area contributed by atoms with E-state index in [9.17, 15) is 0 Å². The predicted molar refractivity (Wildman–Crippen MR) is 118 cm³/mol. The highest BCUT2D eigenvalue weighted by Gasteiger charge is 2.13. The van der Waals surface area contributed by atoms with Crippen molar-refractivity contribution in [1.29, 1.82) is 0 Å². The van der Waals surface area contributed by atoms with Gasteiger partial charge in [0, 0.05) is 29.3 Å². The molecule has 0 aliphatic carbocycles. The third-order valence-electron chi connectivity index (χ3n) is 4.59. The van der Waals surface area contributed by atoms with Gasteiger partial charge in [-0.05, 0) is 11.5 Å². The molecule has 0 N–H and O–H groups in total. The van der Waals surface area contributed by atoms with Crippen LogP contribution in [0.5, 0.6) is 0 Å². The molecule has 0 atom stereocenters. The third kappa shape index (κ3) is 4.03. The van der Waals surface area contributed by atoms with E-state index in [0.717, 1.165) is 38.6 Å². The highest BCUT2D eigenvalue weighted by Crippen LogP contribution is 2.29. The Balaban J connectivity index is 1.46. The van der Waals surface area contributed by atoms with Crippen LogP contribution in [-0.4, -0.2) is 19.7 Å². The predicted octanol–water partition coefficient (Wildman–Crippen LogP) is 6.02. The van der Waals surface area contributed by atoms with Crippen LogP contribution in [0.15, 0.2) is 65.1 Å². The van der Waals surface area contributed by atoms with Gasteiger partial charge in [-0.25, -0.2) is 4.98 Å². The van der Waals surface area contributed by atoms with Crippen LogP contribution >= 0.6 is 23.1 Å². The van der Waals surface area contributed by atoms with Crippen LogP contribution in [0.2, 0.25) is 0 Å². The number of rotatable bonds is 6. The van der Waals surface area contributed by atoms with Crippen molar-refractivity contribution in [2.75, 3.05) is 0 Å². The fraction of sp³-hybridized carbons (Fsp3) is 0.227. The summed E-state index contributed by atoms with van der Waals surface area (Å²) in [7, 11) is 2.02. The minimum Gasteiger partial charge on any atom is -0.305 e. The van der Waals surface area contributed by atoms with Gasteiger partial charge in [-0.15, -0.1) is 21.5 Å². The molecule has 4 rings (SSSR count). The van der Waals surface area contributed by atoms with Crippen LogP contribution in [0.3, 0.4) is 0 Å². The van der Waals surface area contributed by atoms with Crippen molar-refractivity contribution in [2.45, 2.75) is 30.7 Å². The van der Waals surface area contributed by atoms with Crippen molar-refractivity contribution in [3.63, 3.8) is 0 Å². The van der Waals surface area contributed by atoms with E-state index in [-0.39, 0.29) is 0 Å². The van der Waals surface area contributed by atoms with Gasteiger partial charge in [0.05, 0.1) is 5.69 Å². The lowest BCUT2D eigenvalue weighted by Gasteiger charge is -2.07. The fourth-order valence-electron chi connectivity index (χ4n) is 2.93. The van der Waals surface area contributed by atoms with Gasteiger partial charge in [0.1, 0.15) is 5.01 Å². The van der Waals surface area contributed by atoms with Gasteiger partial charge < -0.3 is 4.57 Å². The summed E-state index contributed by atoms with van der Waals surface area (Å²) in [6.07, 6.45) is 0. The number of aromatic nitrogens is 4. The topological polar surface area (TPSA) is 43.6 Å². The first-order valence-electron chi connectivity index (χ1n) is 9.24. The van der Waals surface area contributed by atoms with E-state index in [1.54, 1.807) is 23.1 Å². The molecule has 0 radical (unpaired) electrons. The van der Waals surface area contributed by atoms with Crippen LogP contribution < -0.4 is 0 Å². The summed E-state index contributed by atoms with van der Waals surface area (Å²) in [6.45, 7) is 4.40. The van der Waals surface area contributed by atoms with Gasteiger partial charge in [-0.1, -0.05) is 80.2 Å². The highest BCUT2D eigenvalue weighted by molar-refractivity contribution is 7.98. The van der Waals surface area contributed by atoms with E-state index in [1.807, 2.05) is 25.2 Å². The molecule has 0 amide bonds. The first kappa shape index (κ1) is 18.9. The van der Waals surface area contributed by atoms with E-state index in [0.29, 0.717) is 5.92 Å². The van der Waals surface area contributed by atoms with Crippen LogP contribution in [0.25, 0.3) is 22.0 Å². The smallest absolute Gasteiger partial charge is 0.191 e. The van der Waals surface area contributed by atoms with E-state index in [1.165, 1.54) is 5.56 Å². The van der Waals surface area contributed by atoms with Crippen LogP contribution in [-0.2, 0) is 12.8 Å². The first-order chi connectivity index (χ1) is 13.6. The van der Waals surface area contributed by atoms with Gasteiger partial charge in [0.15, 0.2) is 11.0 Å². The summed E-state index contributed by atoms with van der Waals surface area (Å²) in [4.78, 5) is 4.76. The molecule has 2 aromatic carbocycles. The average molecular weight is 407 g/mol. The van der Waals surface area contributed by atoms with Gasteiger partial charge >= 0.3 is 0 Å². The minimum absolute atomic E-state index is 0.526. The normalized spacial score (nSPS) is 11.3. The van der Waals surface area contributed by atoms with Gasteiger partial charge in [0.25, 0.3) is 0 Å². The summed E-state index contributed by atoms with van der Waals surface area (Å²) in [5.74, 6) is 2.20. The van der Waals surface area contributed by atoms with Gasteiger partial charge in [0.2, 0.25) is 0 Å². The van der Waals surface area contributed by atoms with Gasteiger partial charge in [-0.3, -0.25) is 0 Å². The van der Waals surface area contributed by atoms with Crippen molar-refractivity contribution in [1.82, 2.24) is 19.7 Å². The SMILES string of the molecule is CC(C)c1ccc(-c2nnc(SCc3csc(-c4ccccc4)n3)n2C)cc1. The van der Waals surface area contributed by atoms with Crippen LogP contribution in [0.4, 0.5) is 0 Å². The molecule has 0 saturated heterocycles. The van der Waals surface area contributed by atoms with E-state index in [2.05, 4.69) is 70.4 Å². The van der Waals surface area contributed by atoms with Crippen molar-refractivity contribution < 1.29 is 0 Å². The highest BCUT2D eigenvalue weighted by atomic mass is 32.2. The maximum atomic E-state index is 4.76. The molecule has 0 fully saturated rings. The molecule has 4 aromatic rings. The molecule has 2 heterocycles. The van der Waals surface area contributed by atoms with Crippen molar-refractivity contribution in [3.8, 4) is 22.0 Å². The molecule has 0 spiro atoms. The molecule has 0 aliphatic rings. The monoisotopic (exact) mass is 406 g/mol. The number of benzene rings is 2. The Morgan fingerprint density at radius 2 is 1.71 bits per heavy atom. The van der Waals surface area contributed by atoms with E-state index < -0.39 is 0 Å². The standard InChI is InChI=1S/C22H22N4S2/c1-15(2)16-9-11-17(12-10-16)20-24-25-22(26(20)3)28-14-19-13-27-21(23-19)18-7-5-4-6-8-18/h4-13,15H,14H2,1-3H3. The Labute approximate surface area is 173 Å². The quantitative estimate of drug-likeness (QED) is 0.367. The maximum absolute atomic E-state index is 4.76. The Morgan fingerprint density at radius 1 is 0.964 bits per heavy atom. The number of thioether (sulfide) groups is 1. The van der Waals surface area contributed by atoms with Crippen molar-refractivity contribution in [2.24, 2.45) is 7.05 Å². The minimum atomic E-state index is 0.526. The van der Waals surface area contributed by atoms with Crippen molar-refractivity contribution >= 4 is 23.1 Å². The molecule has 0 aliphatic heterocycles. The second-order valence-electron chi connectivity index (χ2n) is 6.94. The zero-order chi connectivity index (χ0) is 19.5. The summed E-state index contributed by atoms with van der Waals surface area (Å²) < 4.78 is 2.06. The lowest BCUT2D eigenvalue weighted by molar-refractivity contribution is 0.793. The summed E-state index contributed by atoms with van der Waals surface area (Å²) >= 11 is 3.35. The fourth-order valence-corrected chi connectivity index (χ4v) is 4.67. The largest absolute Gasteiger partial charge is 0.305 e. The summed E-state index contributed by atoms with van der Waals surface area (Å²) in [5.41, 5.74) is 4.65. The molecule has 2 aromatic heterocycles. The Hall–Kier alpha value is -2.44. The molecule has 0 bridgehead atoms. The molecule has 0 saturated carbocycles. The zero-order valence-corrected chi connectivity index (χ0v) is 17.8. The van der Waals surface area contributed by atoms with Crippen LogP contribution in [0.1, 0.15) is 31.0 Å². The molecule has 28 heavy (non-hydrogen) atoms. The molecule has 6 heteroatoms. The molecule has 142 valence electrons. The molecular formula is C22H22N4S2. The average Bonchev–Trinajstić information content (AvgIpc) is 3.34. The third-order valence-corrected chi connectivity index (χ3v) is 6.59. The summed E-state index contributed by atoms with van der Waals surface area (Å²) in [5, 5.41) is 12.9. The zero-order valence-electron chi connectivity index (χ0n) is 16.2. The summed E-state index contributed by atoms with van der Waals surface area (Å²) in [6, 6.07) is 18.9. The number of thiazole rings is 1. The number of nitrogens with zero attached hydrogens (tertiary/aromatic N) is 4. The van der Waals surface area contributed by atoms with E-state index >= 15 is 0 Å². The first-order valence-corrected chi connectivity index (χ1v) is 11.1. The Kier molecular flexibility index (Phi) is 5.59. The lowest BCUT2D eigenvalue weighted by Crippen LogP contribution is -1.96. The molecule has 4 nitrogen and oxygen atoms in total. The number of hydrogen-bond donors (Lipinski definition) is 0. The molecular weight excluding hydrogens is 384 g/mol. The molecule has 0 unspecified atom stereocenters. The van der Waals surface area contributed by atoms with E-state index in [4.69, 9.17) is 4.98 Å². The Morgan fingerprint density at radius 3 is 2.43 bits per heavy atom. The lowest BCUT2D eigenvalue weighted by atomic mass is 10.0.